The van der Waals surface area contributed by atoms with E-state index in [2.05, 4.69) is 20.6 Å². The Balaban J connectivity index is 1.60. The van der Waals surface area contributed by atoms with Crippen molar-refractivity contribution in [1.29, 1.82) is 0 Å². The molecule has 0 spiro atoms. The van der Waals surface area contributed by atoms with Crippen LogP contribution in [0.3, 0.4) is 0 Å². The molecule has 0 aliphatic rings. The van der Waals surface area contributed by atoms with E-state index in [1.165, 1.54) is 6.33 Å². The summed E-state index contributed by atoms with van der Waals surface area (Å²) < 4.78 is 6.81. The molecule has 1 amide bonds. The Morgan fingerprint density at radius 3 is 2.86 bits per heavy atom. The van der Waals surface area contributed by atoms with Crippen LogP contribution >= 0.6 is 11.6 Å². The third-order valence-corrected chi connectivity index (χ3v) is 3.22. The van der Waals surface area contributed by atoms with Crippen molar-refractivity contribution >= 4 is 17.5 Å². The molecule has 2 heterocycles. The molecule has 8 heteroatoms. The normalized spacial score (nSPS) is 10.6. The largest absolute Gasteiger partial charge is 0.355 e. The summed E-state index contributed by atoms with van der Waals surface area (Å²) in [5, 5.41) is 11.1. The van der Waals surface area contributed by atoms with Gasteiger partial charge in [0, 0.05) is 23.2 Å². The number of nitrogens with one attached hydrogen (secondary N) is 1. The monoisotopic (exact) mass is 317 g/mol. The Bertz CT molecular complexity index is 752. The van der Waals surface area contributed by atoms with Gasteiger partial charge in [0.1, 0.15) is 12.7 Å². The number of hydrogen-bond donors (Lipinski definition) is 1. The SMILES string of the molecule is O=C(NCCn1cncn1)c1cc(-c2ccc(Cl)cc2)on1. The number of carbonyl (C=O) groups is 1. The minimum atomic E-state index is -0.302. The summed E-state index contributed by atoms with van der Waals surface area (Å²) in [6, 6.07) is 8.69. The summed E-state index contributed by atoms with van der Waals surface area (Å²) in [6.45, 7) is 0.957. The quantitative estimate of drug-likeness (QED) is 0.778. The number of halogens is 1. The molecule has 0 unspecified atom stereocenters. The van der Waals surface area contributed by atoms with Crippen LogP contribution in [0.15, 0.2) is 47.5 Å². The highest BCUT2D eigenvalue weighted by Gasteiger charge is 2.13. The number of aromatic nitrogens is 4. The molecule has 0 atom stereocenters. The van der Waals surface area contributed by atoms with Crippen LogP contribution in [0.1, 0.15) is 10.5 Å². The van der Waals surface area contributed by atoms with E-state index in [0.717, 1.165) is 5.56 Å². The van der Waals surface area contributed by atoms with Crippen LogP contribution in [-0.2, 0) is 6.54 Å². The number of benzene rings is 1. The van der Waals surface area contributed by atoms with Crippen LogP contribution in [0.5, 0.6) is 0 Å². The third-order valence-electron chi connectivity index (χ3n) is 2.96. The summed E-state index contributed by atoms with van der Waals surface area (Å²) in [5.74, 6) is 0.210. The van der Waals surface area contributed by atoms with Gasteiger partial charge in [-0.3, -0.25) is 9.48 Å². The minimum Gasteiger partial charge on any atom is -0.355 e. The van der Waals surface area contributed by atoms with Gasteiger partial charge in [0.05, 0.1) is 6.54 Å². The molecule has 3 rings (SSSR count). The fourth-order valence-electron chi connectivity index (χ4n) is 1.86. The molecule has 0 aliphatic carbocycles. The summed E-state index contributed by atoms with van der Waals surface area (Å²) in [7, 11) is 0. The van der Waals surface area contributed by atoms with Crippen molar-refractivity contribution in [3.05, 3.63) is 53.7 Å². The van der Waals surface area contributed by atoms with Crippen LogP contribution < -0.4 is 5.32 Å². The van der Waals surface area contributed by atoms with Crippen molar-refractivity contribution in [1.82, 2.24) is 25.2 Å². The van der Waals surface area contributed by atoms with Gasteiger partial charge in [-0.2, -0.15) is 5.10 Å². The molecule has 1 N–H and O–H groups in total. The number of hydrogen-bond acceptors (Lipinski definition) is 5. The fourth-order valence-corrected chi connectivity index (χ4v) is 1.98. The van der Waals surface area contributed by atoms with Crippen LogP contribution in [0, 0.1) is 0 Å². The number of rotatable bonds is 5. The van der Waals surface area contributed by atoms with Crippen molar-refractivity contribution < 1.29 is 9.32 Å². The second kappa shape index (κ2) is 6.40. The fraction of sp³-hybridized carbons (Fsp3) is 0.143. The molecule has 0 saturated heterocycles. The van der Waals surface area contributed by atoms with E-state index in [1.54, 1.807) is 41.3 Å². The lowest BCUT2D eigenvalue weighted by atomic mass is 10.1. The highest BCUT2D eigenvalue weighted by atomic mass is 35.5. The molecule has 0 aliphatic heterocycles. The molecular formula is C14H12ClN5O2. The Kier molecular flexibility index (Phi) is 4.15. The zero-order valence-electron chi connectivity index (χ0n) is 11.4. The highest BCUT2D eigenvalue weighted by molar-refractivity contribution is 6.30. The highest BCUT2D eigenvalue weighted by Crippen LogP contribution is 2.22. The lowest BCUT2D eigenvalue weighted by Crippen LogP contribution is -2.27. The van der Waals surface area contributed by atoms with E-state index in [0.29, 0.717) is 23.9 Å². The van der Waals surface area contributed by atoms with Crippen LogP contribution in [0.25, 0.3) is 11.3 Å². The molecular weight excluding hydrogens is 306 g/mol. The van der Waals surface area contributed by atoms with Gasteiger partial charge in [-0.25, -0.2) is 4.98 Å². The average molecular weight is 318 g/mol. The second-order valence-electron chi connectivity index (χ2n) is 4.50. The maximum absolute atomic E-state index is 12.0. The van der Waals surface area contributed by atoms with Crippen LogP contribution in [-0.4, -0.2) is 32.4 Å². The van der Waals surface area contributed by atoms with Crippen molar-refractivity contribution in [2.75, 3.05) is 6.54 Å². The number of nitrogens with zero attached hydrogens (tertiary/aromatic N) is 4. The first kappa shape index (κ1) is 14.3. The maximum Gasteiger partial charge on any atom is 0.273 e. The summed E-state index contributed by atoms with van der Waals surface area (Å²) >= 11 is 5.83. The molecule has 3 aromatic rings. The van der Waals surface area contributed by atoms with E-state index in [1.807, 2.05) is 0 Å². The molecule has 7 nitrogen and oxygen atoms in total. The first-order chi connectivity index (χ1) is 10.7. The van der Waals surface area contributed by atoms with E-state index < -0.39 is 0 Å². The molecule has 0 bridgehead atoms. The molecule has 0 fully saturated rings. The van der Waals surface area contributed by atoms with Crippen LogP contribution in [0.2, 0.25) is 5.02 Å². The van der Waals surface area contributed by atoms with Gasteiger partial charge >= 0.3 is 0 Å². The average Bonchev–Trinajstić information content (AvgIpc) is 3.19. The first-order valence-electron chi connectivity index (χ1n) is 6.55. The number of carbonyl (C=O) groups excluding carboxylic acids is 1. The van der Waals surface area contributed by atoms with E-state index in [9.17, 15) is 4.79 Å². The Hall–Kier alpha value is -2.67. The van der Waals surface area contributed by atoms with Gasteiger partial charge in [-0.15, -0.1) is 0 Å². The van der Waals surface area contributed by atoms with Gasteiger partial charge in [0.2, 0.25) is 0 Å². The van der Waals surface area contributed by atoms with Gasteiger partial charge in [0.15, 0.2) is 11.5 Å². The van der Waals surface area contributed by atoms with Crippen molar-refractivity contribution in [3.8, 4) is 11.3 Å². The smallest absolute Gasteiger partial charge is 0.273 e. The summed E-state index contributed by atoms with van der Waals surface area (Å²) in [6.07, 6.45) is 3.03. The molecule has 22 heavy (non-hydrogen) atoms. The Morgan fingerprint density at radius 2 is 2.14 bits per heavy atom. The second-order valence-corrected chi connectivity index (χ2v) is 4.93. The Labute approximate surface area is 130 Å². The van der Waals surface area contributed by atoms with Gasteiger partial charge < -0.3 is 9.84 Å². The molecule has 0 saturated carbocycles. The molecule has 2 aromatic heterocycles. The lowest BCUT2D eigenvalue weighted by Gasteiger charge is -2.01. The Morgan fingerprint density at radius 1 is 1.32 bits per heavy atom. The van der Waals surface area contributed by atoms with E-state index in [-0.39, 0.29) is 11.6 Å². The minimum absolute atomic E-state index is 0.226. The van der Waals surface area contributed by atoms with E-state index in [4.69, 9.17) is 16.1 Å². The van der Waals surface area contributed by atoms with Crippen molar-refractivity contribution in [2.24, 2.45) is 0 Å². The van der Waals surface area contributed by atoms with Gasteiger partial charge in [0.25, 0.3) is 5.91 Å². The summed E-state index contributed by atoms with van der Waals surface area (Å²) in [4.78, 5) is 15.8. The topological polar surface area (TPSA) is 85.8 Å². The summed E-state index contributed by atoms with van der Waals surface area (Å²) in [5.41, 5.74) is 1.03. The molecule has 0 radical (unpaired) electrons. The van der Waals surface area contributed by atoms with Crippen LogP contribution in [0.4, 0.5) is 0 Å². The third kappa shape index (κ3) is 3.32. The molecule has 1 aromatic carbocycles. The van der Waals surface area contributed by atoms with Gasteiger partial charge in [-0.1, -0.05) is 16.8 Å². The standard InChI is InChI=1S/C14H12ClN5O2/c15-11-3-1-10(2-4-11)13-7-12(19-22-13)14(21)17-5-6-20-9-16-8-18-20/h1-4,7-9H,5-6H2,(H,17,21). The first-order valence-corrected chi connectivity index (χ1v) is 6.93. The maximum atomic E-state index is 12.0. The molecule has 112 valence electrons. The zero-order valence-corrected chi connectivity index (χ0v) is 12.2. The van der Waals surface area contributed by atoms with Gasteiger partial charge in [-0.05, 0) is 24.3 Å². The number of amides is 1. The predicted octanol–water partition coefficient (Wildman–Crippen LogP) is 2.02. The van der Waals surface area contributed by atoms with Crippen molar-refractivity contribution in [2.45, 2.75) is 6.54 Å². The van der Waals surface area contributed by atoms with Crippen molar-refractivity contribution in [3.63, 3.8) is 0 Å². The lowest BCUT2D eigenvalue weighted by molar-refractivity contribution is 0.0943. The van der Waals surface area contributed by atoms with E-state index >= 15 is 0 Å². The predicted molar refractivity (Wildman–Crippen MR) is 79.3 cm³/mol. The zero-order chi connectivity index (χ0) is 15.4.